The Labute approximate surface area is 226 Å². The van der Waals surface area contributed by atoms with E-state index in [0.717, 1.165) is 16.7 Å². The van der Waals surface area contributed by atoms with Crippen LogP contribution in [0.25, 0.3) is 6.08 Å². The third-order valence-corrected chi connectivity index (χ3v) is 6.31. The second-order valence-corrected chi connectivity index (χ2v) is 9.25. The summed E-state index contributed by atoms with van der Waals surface area (Å²) in [7, 11) is 1.43. The van der Waals surface area contributed by atoms with Gasteiger partial charge >= 0.3 is 5.97 Å². The van der Waals surface area contributed by atoms with Gasteiger partial charge in [-0.3, -0.25) is 19.3 Å². The smallest absolute Gasteiger partial charge is 0.344 e. The number of nitrogens with one attached hydrogen (secondary N) is 1. The number of imide groups is 1. The summed E-state index contributed by atoms with van der Waals surface area (Å²) in [5.74, 6) is -0.375. The molecule has 0 spiro atoms. The highest BCUT2D eigenvalue weighted by molar-refractivity contribution is 9.10. The summed E-state index contributed by atoms with van der Waals surface area (Å²) >= 11 is 4.11. The van der Waals surface area contributed by atoms with E-state index in [-0.39, 0.29) is 23.9 Å². The number of hydrogen-bond acceptors (Lipinski definition) is 9. The van der Waals surface area contributed by atoms with Crippen LogP contribution in [0, 0.1) is 0 Å². The maximum Gasteiger partial charge on any atom is 0.344 e. The number of halogens is 1. The van der Waals surface area contributed by atoms with Gasteiger partial charge in [0, 0.05) is 5.69 Å². The molecule has 0 aromatic heterocycles. The molecule has 10 nitrogen and oxygen atoms in total. The van der Waals surface area contributed by atoms with Crippen molar-refractivity contribution in [3.63, 3.8) is 0 Å². The van der Waals surface area contributed by atoms with E-state index in [4.69, 9.17) is 18.9 Å². The molecule has 1 aliphatic heterocycles. The average molecular weight is 593 g/mol. The molecule has 0 unspecified atom stereocenters. The molecule has 0 atom stereocenters. The Hall–Kier alpha value is -3.51. The van der Waals surface area contributed by atoms with Crippen LogP contribution in [0.5, 0.6) is 17.2 Å². The van der Waals surface area contributed by atoms with E-state index in [0.29, 0.717) is 33.8 Å². The van der Waals surface area contributed by atoms with Crippen molar-refractivity contribution in [2.45, 2.75) is 13.8 Å². The number of ether oxygens (including phenoxy) is 4. The molecule has 0 aliphatic carbocycles. The van der Waals surface area contributed by atoms with Crippen LogP contribution < -0.4 is 19.5 Å². The third-order valence-electron chi connectivity index (χ3n) is 4.81. The number of methoxy groups -OCH3 is 1. The van der Waals surface area contributed by atoms with Gasteiger partial charge in [-0.2, -0.15) is 0 Å². The molecule has 3 amide bonds. The zero-order valence-electron chi connectivity index (χ0n) is 20.4. The normalized spacial score (nSPS) is 14.1. The lowest BCUT2D eigenvalue weighted by atomic mass is 10.2. The molecule has 37 heavy (non-hydrogen) atoms. The summed E-state index contributed by atoms with van der Waals surface area (Å²) in [6.45, 7) is 3.59. The molecule has 3 rings (SSSR count). The summed E-state index contributed by atoms with van der Waals surface area (Å²) < 4.78 is 21.6. The standard InChI is InChI=1S/C25H25BrN2O8S/c1-4-34-17-8-6-16(7-9-17)27-21(29)13-28-24(31)20(37-25(28)32)12-15-10-18(26)23(19(11-15)33-3)36-14-22(30)35-5-2/h6-12H,4-5,13-14H2,1-3H3,(H,27,29)/b20-12+. The predicted octanol–water partition coefficient (Wildman–Crippen LogP) is 4.47. The SMILES string of the molecule is CCOC(=O)COc1c(Br)cc(/C=C2/SC(=O)N(CC(=O)Nc3ccc(OCC)cc3)C2=O)cc1OC. The molecule has 0 radical (unpaired) electrons. The summed E-state index contributed by atoms with van der Waals surface area (Å²) in [4.78, 5) is 50.4. The van der Waals surface area contributed by atoms with Crippen LogP contribution in [0.4, 0.5) is 10.5 Å². The van der Waals surface area contributed by atoms with Crippen LogP contribution in [0.1, 0.15) is 19.4 Å². The number of nitrogens with zero attached hydrogens (tertiary/aromatic N) is 1. The second-order valence-electron chi connectivity index (χ2n) is 7.40. The Morgan fingerprint density at radius 3 is 2.46 bits per heavy atom. The molecule has 196 valence electrons. The van der Waals surface area contributed by atoms with Crippen LogP contribution in [-0.2, 0) is 19.1 Å². The Kier molecular flexibility index (Phi) is 9.98. The van der Waals surface area contributed by atoms with Crippen molar-refractivity contribution < 1.29 is 38.1 Å². The van der Waals surface area contributed by atoms with Gasteiger partial charge in [-0.25, -0.2) is 4.79 Å². The van der Waals surface area contributed by atoms with Gasteiger partial charge in [-0.05, 0) is 89.6 Å². The number of hydrogen-bond donors (Lipinski definition) is 1. The Morgan fingerprint density at radius 1 is 1.08 bits per heavy atom. The van der Waals surface area contributed by atoms with E-state index in [2.05, 4.69) is 21.2 Å². The molecule has 0 bridgehead atoms. The summed E-state index contributed by atoms with van der Waals surface area (Å²) in [5, 5.41) is 2.10. The zero-order chi connectivity index (χ0) is 26.9. The minimum atomic E-state index is -0.588. The van der Waals surface area contributed by atoms with Crippen molar-refractivity contribution in [3.8, 4) is 17.2 Å². The van der Waals surface area contributed by atoms with Crippen LogP contribution in [0.2, 0.25) is 0 Å². The fourth-order valence-corrected chi connectivity index (χ4v) is 4.64. The van der Waals surface area contributed by atoms with E-state index in [1.165, 1.54) is 13.2 Å². The minimum Gasteiger partial charge on any atom is -0.494 e. The zero-order valence-corrected chi connectivity index (χ0v) is 22.8. The van der Waals surface area contributed by atoms with E-state index >= 15 is 0 Å². The van der Waals surface area contributed by atoms with Gasteiger partial charge in [-0.15, -0.1) is 0 Å². The number of amides is 3. The first-order chi connectivity index (χ1) is 17.7. The number of benzene rings is 2. The maximum atomic E-state index is 12.9. The molecule has 1 heterocycles. The summed E-state index contributed by atoms with van der Waals surface area (Å²) in [6, 6.07) is 10.0. The van der Waals surface area contributed by atoms with Crippen molar-refractivity contribution in [1.82, 2.24) is 4.90 Å². The molecule has 1 saturated heterocycles. The highest BCUT2D eigenvalue weighted by atomic mass is 79.9. The van der Waals surface area contributed by atoms with Gasteiger partial charge in [-0.1, -0.05) is 0 Å². The van der Waals surface area contributed by atoms with Crippen LogP contribution >= 0.6 is 27.7 Å². The number of esters is 1. The fourth-order valence-electron chi connectivity index (χ4n) is 3.23. The van der Waals surface area contributed by atoms with Crippen molar-refractivity contribution in [1.29, 1.82) is 0 Å². The molecule has 12 heteroatoms. The lowest BCUT2D eigenvalue weighted by Gasteiger charge is -2.13. The van der Waals surface area contributed by atoms with Gasteiger partial charge in [0.2, 0.25) is 5.91 Å². The lowest BCUT2D eigenvalue weighted by Crippen LogP contribution is -2.36. The number of carbonyl (C=O) groups is 4. The highest BCUT2D eigenvalue weighted by Crippen LogP contribution is 2.39. The first-order valence-electron chi connectivity index (χ1n) is 11.2. The molecule has 1 fully saturated rings. The van der Waals surface area contributed by atoms with Gasteiger partial charge < -0.3 is 24.3 Å². The molecule has 2 aromatic rings. The van der Waals surface area contributed by atoms with Crippen LogP contribution in [0.3, 0.4) is 0 Å². The second kappa shape index (κ2) is 13.2. The average Bonchev–Trinajstić information content (AvgIpc) is 3.11. The first-order valence-corrected chi connectivity index (χ1v) is 12.8. The fraction of sp³-hybridized carbons (Fsp3) is 0.280. The monoisotopic (exact) mass is 592 g/mol. The third kappa shape index (κ3) is 7.49. The molecule has 1 aliphatic rings. The van der Waals surface area contributed by atoms with E-state index < -0.39 is 29.6 Å². The Morgan fingerprint density at radius 2 is 1.81 bits per heavy atom. The van der Waals surface area contributed by atoms with Crippen LogP contribution in [-0.4, -0.2) is 61.4 Å². The largest absolute Gasteiger partial charge is 0.494 e. The van der Waals surface area contributed by atoms with Gasteiger partial charge in [0.25, 0.3) is 11.1 Å². The number of thioether (sulfide) groups is 1. The number of carbonyl (C=O) groups excluding carboxylic acids is 4. The van der Waals surface area contributed by atoms with Gasteiger partial charge in [0.15, 0.2) is 18.1 Å². The Bertz CT molecular complexity index is 1220. The number of rotatable bonds is 11. The van der Waals surface area contributed by atoms with Gasteiger partial charge in [0.05, 0.1) is 29.7 Å². The molecular formula is C25H25BrN2O8S. The lowest BCUT2D eigenvalue weighted by molar-refractivity contribution is -0.145. The molecular weight excluding hydrogens is 568 g/mol. The number of anilines is 1. The highest BCUT2D eigenvalue weighted by Gasteiger charge is 2.36. The topological polar surface area (TPSA) is 120 Å². The van der Waals surface area contributed by atoms with Gasteiger partial charge in [0.1, 0.15) is 12.3 Å². The molecule has 2 aromatic carbocycles. The molecule has 0 saturated carbocycles. The van der Waals surface area contributed by atoms with Crippen molar-refractivity contribution in [3.05, 3.63) is 51.3 Å². The van der Waals surface area contributed by atoms with Crippen LogP contribution in [0.15, 0.2) is 45.8 Å². The summed E-state index contributed by atoms with van der Waals surface area (Å²) in [5.41, 5.74) is 1.05. The predicted molar refractivity (Wildman–Crippen MR) is 142 cm³/mol. The van der Waals surface area contributed by atoms with E-state index in [9.17, 15) is 19.2 Å². The summed E-state index contributed by atoms with van der Waals surface area (Å²) in [6.07, 6.45) is 1.51. The van der Waals surface area contributed by atoms with Crippen molar-refractivity contribution >= 4 is 62.5 Å². The first kappa shape index (κ1) is 28.1. The minimum absolute atomic E-state index is 0.146. The van der Waals surface area contributed by atoms with Crippen molar-refractivity contribution in [2.24, 2.45) is 0 Å². The maximum absolute atomic E-state index is 12.9. The molecule has 1 N–H and O–H groups in total. The van der Waals surface area contributed by atoms with E-state index in [1.54, 1.807) is 43.3 Å². The van der Waals surface area contributed by atoms with E-state index in [1.807, 2.05) is 6.92 Å². The van der Waals surface area contributed by atoms with Crippen molar-refractivity contribution in [2.75, 3.05) is 38.8 Å². The quantitative estimate of drug-likeness (QED) is 0.297. The Balaban J connectivity index is 1.69.